The van der Waals surface area contributed by atoms with Gasteiger partial charge in [-0.2, -0.15) is 0 Å². The van der Waals surface area contributed by atoms with Crippen LogP contribution >= 0.6 is 0 Å². The molecule has 0 aliphatic heterocycles. The van der Waals surface area contributed by atoms with Gasteiger partial charge in [-0.1, -0.05) is 20.8 Å². The number of hydrogen-bond donors (Lipinski definition) is 0. The lowest BCUT2D eigenvalue weighted by molar-refractivity contribution is 0.111. The fourth-order valence-corrected chi connectivity index (χ4v) is 4.91. The lowest BCUT2D eigenvalue weighted by atomic mass is 9.66. The van der Waals surface area contributed by atoms with E-state index >= 15 is 0 Å². The fraction of sp³-hybridized carbons (Fsp3) is 1.00. The van der Waals surface area contributed by atoms with Crippen LogP contribution in [0.15, 0.2) is 0 Å². The Bertz CT molecular complexity index is 228. The largest absolute Gasteiger partial charge is 0.0588 e. The summed E-state index contributed by atoms with van der Waals surface area (Å²) in [5.41, 5.74) is 2.28. The van der Waals surface area contributed by atoms with Gasteiger partial charge in [0.05, 0.1) is 0 Å². The number of hydrogen-bond acceptors (Lipinski definition) is 0. The van der Waals surface area contributed by atoms with E-state index in [0.717, 1.165) is 16.7 Å². The second-order valence-corrected chi connectivity index (χ2v) is 5.70. The summed E-state index contributed by atoms with van der Waals surface area (Å²) in [6.45, 7) is 7.53. The highest BCUT2D eigenvalue weighted by Gasteiger charge is 2.86. The summed E-state index contributed by atoms with van der Waals surface area (Å²) in [5, 5.41) is 0. The maximum atomic E-state index is 2.53. The van der Waals surface area contributed by atoms with Crippen LogP contribution in [0.5, 0.6) is 0 Å². The van der Waals surface area contributed by atoms with Crippen LogP contribution in [0.3, 0.4) is 0 Å². The molecule has 3 fully saturated rings. The third-order valence-corrected chi connectivity index (χ3v) is 5.99. The predicted molar refractivity (Wildman–Crippen MR) is 46.3 cm³/mol. The highest BCUT2D eigenvalue weighted by atomic mass is 14.9. The molecule has 11 heavy (non-hydrogen) atoms. The van der Waals surface area contributed by atoms with Crippen molar-refractivity contribution >= 4 is 0 Å². The third kappa shape index (κ3) is 0.346. The van der Waals surface area contributed by atoms with Crippen molar-refractivity contribution in [1.82, 2.24) is 0 Å². The minimum atomic E-state index is 0.696. The molecular weight excluding hydrogens is 132 g/mol. The normalized spacial score (nSPS) is 63.0. The van der Waals surface area contributed by atoms with Crippen molar-refractivity contribution in [1.29, 1.82) is 0 Å². The van der Waals surface area contributed by atoms with Crippen molar-refractivity contribution < 1.29 is 0 Å². The van der Waals surface area contributed by atoms with Crippen LogP contribution in [0.2, 0.25) is 0 Å². The second-order valence-electron chi connectivity index (χ2n) is 5.70. The van der Waals surface area contributed by atoms with E-state index in [-0.39, 0.29) is 0 Å². The van der Waals surface area contributed by atoms with Crippen molar-refractivity contribution in [3.8, 4) is 0 Å². The minimum absolute atomic E-state index is 0.696. The lowest BCUT2D eigenvalue weighted by Crippen LogP contribution is -2.30. The summed E-state index contributed by atoms with van der Waals surface area (Å²) in [7, 11) is 0. The number of rotatable bonds is 0. The lowest BCUT2D eigenvalue weighted by Gasteiger charge is -2.38. The van der Waals surface area contributed by atoms with Crippen LogP contribution in [-0.4, -0.2) is 0 Å². The Morgan fingerprint density at radius 2 is 1.64 bits per heavy atom. The first-order chi connectivity index (χ1) is 5.06. The molecule has 0 N–H and O–H groups in total. The zero-order valence-corrected chi connectivity index (χ0v) is 7.91. The first kappa shape index (κ1) is 6.51. The first-order valence-corrected chi connectivity index (χ1v) is 5.06. The molecule has 0 aromatic rings. The Kier molecular flexibility index (Phi) is 0.767. The van der Waals surface area contributed by atoms with Crippen LogP contribution in [0.1, 0.15) is 46.5 Å². The summed E-state index contributed by atoms with van der Waals surface area (Å²) in [6.07, 6.45) is 6.14. The molecule has 0 heterocycles. The molecule has 0 aromatic heterocycles. The molecule has 3 rings (SSSR count). The van der Waals surface area contributed by atoms with Crippen LogP contribution < -0.4 is 0 Å². The van der Waals surface area contributed by atoms with Gasteiger partial charge in [0.25, 0.3) is 0 Å². The molecule has 0 aromatic carbocycles. The van der Waals surface area contributed by atoms with Crippen molar-refractivity contribution in [2.75, 3.05) is 0 Å². The molecule has 0 radical (unpaired) electrons. The van der Waals surface area contributed by atoms with Crippen LogP contribution in [0.4, 0.5) is 0 Å². The Balaban J connectivity index is 2.10. The molecule has 62 valence electrons. The van der Waals surface area contributed by atoms with E-state index in [1.54, 1.807) is 19.3 Å². The highest BCUT2D eigenvalue weighted by molar-refractivity contribution is 5.33. The van der Waals surface area contributed by atoms with Gasteiger partial charge in [0.1, 0.15) is 0 Å². The summed E-state index contributed by atoms with van der Waals surface area (Å²) >= 11 is 0. The van der Waals surface area contributed by atoms with Crippen molar-refractivity contribution in [2.45, 2.75) is 46.5 Å². The second kappa shape index (κ2) is 1.30. The molecule has 3 aliphatic carbocycles. The standard InChI is InChI=1S/C11H18/c1-9(2)10(3)6-4-8-5-7-11(8,9)10/h8H,4-7H2,1-3H3/t8-,10-,11?/m1/s1. The van der Waals surface area contributed by atoms with Crippen LogP contribution in [-0.2, 0) is 0 Å². The Morgan fingerprint density at radius 1 is 1.00 bits per heavy atom. The van der Waals surface area contributed by atoms with E-state index in [4.69, 9.17) is 0 Å². The molecule has 0 amide bonds. The highest BCUT2D eigenvalue weighted by Crippen LogP contribution is 2.92. The zero-order valence-electron chi connectivity index (χ0n) is 7.91. The molecule has 0 saturated heterocycles. The maximum absolute atomic E-state index is 2.53. The Labute approximate surface area is 69.4 Å². The van der Waals surface area contributed by atoms with Gasteiger partial charge in [0.2, 0.25) is 0 Å². The Hall–Kier alpha value is 0. The SMILES string of the molecule is CC1(C)C23CC[C@H]2CC[C@]13C. The van der Waals surface area contributed by atoms with Gasteiger partial charge in [0.15, 0.2) is 0 Å². The summed E-state index contributed by atoms with van der Waals surface area (Å²) in [5.74, 6) is 1.13. The topological polar surface area (TPSA) is 0 Å². The predicted octanol–water partition coefficient (Wildman–Crippen LogP) is 3.22. The maximum Gasteiger partial charge on any atom is -0.0153 e. The first-order valence-electron chi connectivity index (χ1n) is 5.06. The van der Waals surface area contributed by atoms with E-state index in [1.807, 2.05) is 0 Å². The molecule has 3 atom stereocenters. The van der Waals surface area contributed by atoms with Gasteiger partial charge in [-0.3, -0.25) is 0 Å². The minimum Gasteiger partial charge on any atom is -0.0588 e. The molecule has 1 spiro atoms. The van der Waals surface area contributed by atoms with Crippen LogP contribution in [0, 0.1) is 22.2 Å². The smallest absolute Gasteiger partial charge is 0.0153 e. The average Bonchev–Trinajstić information content (AvgIpc) is 2.10. The molecule has 3 aliphatic rings. The third-order valence-electron chi connectivity index (χ3n) is 5.99. The van der Waals surface area contributed by atoms with Crippen molar-refractivity contribution in [3.63, 3.8) is 0 Å². The molecular formula is C11H18. The van der Waals surface area contributed by atoms with Crippen molar-refractivity contribution in [2.24, 2.45) is 22.2 Å². The quantitative estimate of drug-likeness (QED) is 0.497. The van der Waals surface area contributed by atoms with E-state index in [1.165, 1.54) is 6.42 Å². The van der Waals surface area contributed by atoms with Crippen molar-refractivity contribution in [3.05, 3.63) is 0 Å². The summed E-state index contributed by atoms with van der Waals surface area (Å²) in [6, 6.07) is 0. The van der Waals surface area contributed by atoms with E-state index in [2.05, 4.69) is 20.8 Å². The summed E-state index contributed by atoms with van der Waals surface area (Å²) in [4.78, 5) is 0. The van der Waals surface area contributed by atoms with E-state index in [0.29, 0.717) is 5.41 Å². The van der Waals surface area contributed by atoms with E-state index < -0.39 is 0 Å². The summed E-state index contributed by atoms with van der Waals surface area (Å²) < 4.78 is 0. The van der Waals surface area contributed by atoms with Gasteiger partial charge >= 0.3 is 0 Å². The van der Waals surface area contributed by atoms with Gasteiger partial charge in [-0.05, 0) is 47.8 Å². The van der Waals surface area contributed by atoms with Crippen LogP contribution in [0.25, 0.3) is 0 Å². The molecule has 1 unspecified atom stereocenters. The van der Waals surface area contributed by atoms with Gasteiger partial charge < -0.3 is 0 Å². The zero-order chi connectivity index (χ0) is 7.91. The Morgan fingerprint density at radius 3 is 1.91 bits per heavy atom. The average molecular weight is 150 g/mol. The molecule has 0 bridgehead atoms. The monoisotopic (exact) mass is 150 g/mol. The van der Waals surface area contributed by atoms with Gasteiger partial charge in [-0.25, -0.2) is 0 Å². The molecule has 3 saturated carbocycles. The van der Waals surface area contributed by atoms with Gasteiger partial charge in [-0.15, -0.1) is 0 Å². The molecule has 0 nitrogen and oxygen atoms in total. The van der Waals surface area contributed by atoms with E-state index in [9.17, 15) is 0 Å². The molecule has 0 heteroatoms. The van der Waals surface area contributed by atoms with Gasteiger partial charge in [0, 0.05) is 0 Å². The fourth-order valence-electron chi connectivity index (χ4n) is 4.91.